The summed E-state index contributed by atoms with van der Waals surface area (Å²) in [4.78, 5) is 69.7. The molecule has 19 heteroatoms. The highest BCUT2D eigenvalue weighted by Gasteiger charge is 2.37. The highest BCUT2D eigenvalue weighted by molar-refractivity contribution is 5.92. The van der Waals surface area contributed by atoms with Gasteiger partial charge >= 0.3 is 18.0 Å². The molecule has 0 saturated carbocycles. The van der Waals surface area contributed by atoms with Crippen LogP contribution in [0, 0.1) is 16.2 Å². The summed E-state index contributed by atoms with van der Waals surface area (Å²) >= 11 is 0. The molecule has 18 nitrogen and oxygen atoms in total. The molecular formula is C62H103ClN12O6. The second kappa shape index (κ2) is 34.9. The van der Waals surface area contributed by atoms with Crippen molar-refractivity contribution in [2.75, 3.05) is 148 Å². The topological polar surface area (TPSA) is 239 Å². The van der Waals surface area contributed by atoms with E-state index in [0.29, 0.717) is 49.6 Å². The number of primary amides is 1. The van der Waals surface area contributed by atoms with E-state index in [4.69, 9.17) is 27.7 Å². The zero-order valence-electron chi connectivity index (χ0n) is 50.6. The first-order valence-electron chi connectivity index (χ1n) is 29.2. The number of likely N-dealkylation sites (tertiary alicyclic amines) is 3. The van der Waals surface area contributed by atoms with Gasteiger partial charge in [-0.1, -0.05) is 54.6 Å². The molecule has 10 N–H and O–H groups in total. The van der Waals surface area contributed by atoms with Crippen molar-refractivity contribution >= 4 is 29.8 Å². The van der Waals surface area contributed by atoms with Crippen LogP contribution in [-0.2, 0) is 28.8 Å². The predicted molar refractivity (Wildman–Crippen MR) is 322 cm³/mol. The van der Waals surface area contributed by atoms with Crippen LogP contribution in [0.15, 0.2) is 78.9 Å². The van der Waals surface area contributed by atoms with Gasteiger partial charge in [-0.25, -0.2) is 14.4 Å². The number of esters is 1. The minimum Gasteiger partial charge on any atom is -1.00 e. The lowest BCUT2D eigenvalue weighted by atomic mass is 9.74. The average molecular weight is 1150 g/mol. The van der Waals surface area contributed by atoms with E-state index in [1.807, 2.05) is 72.1 Å². The first-order chi connectivity index (χ1) is 38.1. The summed E-state index contributed by atoms with van der Waals surface area (Å²) in [7, 11) is 15.9. The number of carbonyl (C=O) groups excluding carboxylic acids is 5. The number of methoxy groups -OCH3 is 1. The first-order valence-corrected chi connectivity index (χ1v) is 29.2. The van der Waals surface area contributed by atoms with Gasteiger partial charge < -0.3 is 79.7 Å². The lowest BCUT2D eigenvalue weighted by Gasteiger charge is -2.41. The Hall–Kier alpha value is -5.34. The Balaban J connectivity index is 0.000000317. The molecule has 0 unspecified atom stereocenters. The summed E-state index contributed by atoms with van der Waals surface area (Å²) in [5.74, 6) is -0.403. The molecule has 454 valence electrons. The fourth-order valence-electron chi connectivity index (χ4n) is 10.8. The van der Waals surface area contributed by atoms with Crippen molar-refractivity contribution in [3.8, 4) is 0 Å². The number of rotatable bonds is 24. The van der Waals surface area contributed by atoms with Crippen molar-refractivity contribution in [3.05, 3.63) is 107 Å². The number of halogens is 1. The molecule has 3 saturated heterocycles. The average Bonchev–Trinajstić information content (AvgIpc) is 3.46. The van der Waals surface area contributed by atoms with Crippen LogP contribution in [-0.4, -0.2) is 207 Å². The molecule has 0 spiro atoms. The molecule has 3 aromatic carbocycles. The third kappa shape index (κ3) is 24.6. The van der Waals surface area contributed by atoms with E-state index >= 15 is 0 Å². The summed E-state index contributed by atoms with van der Waals surface area (Å²) < 4.78 is 5.65. The predicted octanol–water partition coefficient (Wildman–Crippen LogP) is 2.43. The zero-order valence-corrected chi connectivity index (χ0v) is 51.4. The number of urea groups is 2. The Kier molecular flexibility index (Phi) is 30.2. The second-order valence-electron chi connectivity index (χ2n) is 24.4. The number of quaternary nitrogens is 1. The Morgan fingerprint density at radius 2 is 0.914 bits per heavy atom. The lowest BCUT2D eigenvalue weighted by Crippen LogP contribution is -3.00. The molecular weight excluding hydrogens is 1040 g/mol. The molecule has 3 aromatic rings. The SMILES string of the molecule is CN(C)CCNC(=O)N1CCC(CN)(CCc2ccc(C(N)=O)cc2)CC1.COC(=O)c1ccc(CCC2(CN)CCN(C(=O)NCCN(C)C)CC2)cc1.C[N+](C)(C)CCCC(=O)N1CCC(CN)(CCc2ccccc2)CC1.[Cl-]. The van der Waals surface area contributed by atoms with Gasteiger partial charge in [0, 0.05) is 83.9 Å². The lowest BCUT2D eigenvalue weighted by molar-refractivity contribution is -0.870. The van der Waals surface area contributed by atoms with Crippen molar-refractivity contribution in [1.29, 1.82) is 0 Å². The molecule has 81 heavy (non-hydrogen) atoms. The van der Waals surface area contributed by atoms with E-state index in [1.165, 1.54) is 23.8 Å². The van der Waals surface area contributed by atoms with Crippen molar-refractivity contribution in [3.63, 3.8) is 0 Å². The monoisotopic (exact) mass is 1150 g/mol. The molecule has 3 heterocycles. The number of piperidine rings is 3. The number of ether oxygens (including phenoxy) is 1. The van der Waals surface area contributed by atoms with Crippen LogP contribution in [0.5, 0.6) is 0 Å². The molecule has 3 aliphatic rings. The van der Waals surface area contributed by atoms with Crippen molar-refractivity contribution < 1.29 is 45.6 Å². The normalized spacial score (nSPS) is 16.4. The van der Waals surface area contributed by atoms with Gasteiger partial charge in [0.15, 0.2) is 0 Å². The van der Waals surface area contributed by atoms with Crippen LogP contribution < -0.4 is 46.0 Å². The standard InChI is InChI=1S/C21H34N4O3.C21H36N3O.C20H33N5O2.ClH/c1-24(2)15-12-23-20(27)25-13-10-21(16-22,11-14-25)9-8-17-4-6-18(7-5-17)19(26)28-3;1-24(2,3)17-7-10-20(25)23-15-13-21(18-22,14-16-23)12-11-19-8-5-4-6-9-19;1-24(2)14-11-23-19(27)25-12-9-20(15-21,10-13-25)8-7-16-3-5-17(6-4-16)18(22)26;/h4-7H,8-16,22H2,1-3H3,(H,23,27);4-6,8-9H,7,10-18,22H2,1-3H3;3-6H,7-15,21H2,1-2H3,(H2,22,26)(H,23,27);1H/q;+1;;/p-1. The summed E-state index contributed by atoms with van der Waals surface area (Å²) in [6, 6.07) is 25.7. The zero-order chi connectivity index (χ0) is 58.8. The van der Waals surface area contributed by atoms with Gasteiger partial charge in [0.2, 0.25) is 11.8 Å². The Labute approximate surface area is 492 Å². The van der Waals surface area contributed by atoms with Crippen molar-refractivity contribution in [2.45, 2.75) is 89.9 Å². The number of hydrogen-bond donors (Lipinski definition) is 6. The van der Waals surface area contributed by atoms with Crippen LogP contribution in [0.1, 0.15) is 108 Å². The summed E-state index contributed by atoms with van der Waals surface area (Å²) in [6.45, 7) is 10.7. The number of likely N-dealkylation sites (N-methyl/N-ethyl adjacent to an activating group) is 2. The summed E-state index contributed by atoms with van der Waals surface area (Å²) in [5.41, 5.74) is 28.9. The number of hydrogen-bond acceptors (Lipinski definition) is 11. The van der Waals surface area contributed by atoms with Gasteiger partial charge in [-0.15, -0.1) is 0 Å². The van der Waals surface area contributed by atoms with E-state index in [1.54, 1.807) is 24.3 Å². The molecule has 3 aliphatic heterocycles. The van der Waals surface area contributed by atoms with Crippen LogP contribution >= 0.6 is 0 Å². The minimum atomic E-state index is -0.406. The van der Waals surface area contributed by atoms with Crippen LogP contribution in [0.2, 0.25) is 0 Å². The minimum absolute atomic E-state index is 0. The van der Waals surface area contributed by atoms with E-state index in [9.17, 15) is 24.0 Å². The Morgan fingerprint density at radius 1 is 0.556 bits per heavy atom. The quantitative estimate of drug-likeness (QED) is 0.0563. The number of benzene rings is 3. The maximum absolute atomic E-state index is 12.5. The number of amides is 6. The number of nitrogens with two attached hydrogens (primary N) is 4. The van der Waals surface area contributed by atoms with E-state index in [2.05, 4.69) is 67.0 Å². The first kappa shape index (κ1) is 69.9. The third-order valence-corrected chi connectivity index (χ3v) is 16.9. The van der Waals surface area contributed by atoms with Gasteiger partial charge in [-0.05, 0) is 182 Å². The Morgan fingerprint density at radius 3 is 1.25 bits per heavy atom. The van der Waals surface area contributed by atoms with Crippen molar-refractivity contribution in [2.24, 2.45) is 39.2 Å². The molecule has 0 aromatic heterocycles. The largest absolute Gasteiger partial charge is 1.00 e. The van der Waals surface area contributed by atoms with E-state index < -0.39 is 5.91 Å². The fraction of sp³-hybridized carbons (Fsp3) is 0.629. The summed E-state index contributed by atoms with van der Waals surface area (Å²) in [6.07, 6.45) is 13.4. The summed E-state index contributed by atoms with van der Waals surface area (Å²) in [5, 5.41) is 5.96. The molecule has 0 atom stereocenters. The second-order valence-corrected chi connectivity index (χ2v) is 24.4. The maximum Gasteiger partial charge on any atom is 0.337 e. The fourth-order valence-corrected chi connectivity index (χ4v) is 10.8. The number of carbonyl (C=O) groups is 5. The van der Waals surface area contributed by atoms with Gasteiger partial charge in [0.1, 0.15) is 0 Å². The molecule has 3 fully saturated rings. The van der Waals surface area contributed by atoms with Gasteiger partial charge in [0.25, 0.3) is 0 Å². The number of nitrogens with zero attached hydrogens (tertiary/aromatic N) is 6. The van der Waals surface area contributed by atoms with Crippen molar-refractivity contribution in [1.82, 2.24) is 35.1 Å². The molecule has 6 amide bonds. The molecule has 6 rings (SSSR count). The van der Waals surface area contributed by atoms with Gasteiger partial charge in [-0.2, -0.15) is 0 Å². The highest BCUT2D eigenvalue weighted by Crippen LogP contribution is 2.38. The van der Waals surface area contributed by atoms with E-state index in [0.717, 1.165) is 153 Å². The number of aryl methyl sites for hydroxylation is 3. The smallest absolute Gasteiger partial charge is 0.337 e. The van der Waals surface area contributed by atoms with Gasteiger partial charge in [-0.3, -0.25) is 9.59 Å². The molecule has 0 radical (unpaired) electrons. The van der Waals surface area contributed by atoms with Crippen LogP contribution in [0.4, 0.5) is 9.59 Å². The molecule has 0 aliphatic carbocycles. The van der Waals surface area contributed by atoms with Crippen LogP contribution in [0.25, 0.3) is 0 Å². The highest BCUT2D eigenvalue weighted by atomic mass is 35.5. The third-order valence-electron chi connectivity index (χ3n) is 16.9. The van der Waals surface area contributed by atoms with Crippen LogP contribution in [0.3, 0.4) is 0 Å². The molecule has 0 bridgehead atoms. The Bertz CT molecular complexity index is 2310. The number of nitrogens with one attached hydrogen (secondary N) is 2. The van der Waals surface area contributed by atoms with E-state index in [-0.39, 0.29) is 46.7 Å². The maximum atomic E-state index is 12.5. The van der Waals surface area contributed by atoms with Gasteiger partial charge in [0.05, 0.1) is 40.4 Å².